The van der Waals surface area contributed by atoms with Gasteiger partial charge < -0.3 is 33.8 Å². The SMILES string of the molecule is CCCCCCCCCCCCCCCCCCCCCC(=O)OC[C@H](COP(=O)(O)OC[C@@H](O)COP(=O)(O)OC[C@@H](COC(=O)CCCCCCC)OC(=O)CCCCCCCCCCCCCCCCCCCCC)OC(=O)CCCCCCCCCCCCCCCCCCCCC(C)CC. The summed E-state index contributed by atoms with van der Waals surface area (Å²) in [6, 6.07) is 0. The van der Waals surface area contributed by atoms with Crippen molar-refractivity contribution in [2.75, 3.05) is 39.6 Å². The lowest BCUT2D eigenvalue weighted by Crippen LogP contribution is -2.30. The molecule has 17 nitrogen and oxygen atoms in total. The smallest absolute Gasteiger partial charge is 0.462 e. The molecule has 0 spiro atoms. The fourth-order valence-electron chi connectivity index (χ4n) is 13.4. The van der Waals surface area contributed by atoms with Gasteiger partial charge in [0.2, 0.25) is 0 Å². The van der Waals surface area contributed by atoms with Gasteiger partial charge in [-0.25, -0.2) is 9.13 Å². The van der Waals surface area contributed by atoms with E-state index in [0.29, 0.717) is 25.7 Å². The van der Waals surface area contributed by atoms with Crippen LogP contribution in [-0.2, 0) is 65.4 Å². The van der Waals surface area contributed by atoms with Crippen molar-refractivity contribution < 1.29 is 80.2 Å². The molecule has 0 heterocycles. The molecular formula is C86H168O17P2. The standard InChI is InChI=1S/C86H168O17P2/c1-6-10-13-16-18-20-22-24-26-28-30-35-39-43-47-51-55-60-65-70-84(89)97-76-82(103-86(91)72-67-62-57-53-49-45-41-37-33-32-34-38-42-46-50-54-59-63-68-79(5)9-4)78-101-105(94,95)99-74-80(87)73-98-104(92,93)100-77-81(75-96-83(88)69-64-58-15-12-8-3)102-85(90)71-66-61-56-52-48-44-40-36-31-29-27-25-23-21-19-17-14-11-7-2/h79-82,87H,6-78H2,1-5H3,(H,92,93)(H,94,95)/t79?,80-,81+,82+/m0/s1. The third-order valence-electron chi connectivity index (χ3n) is 20.6. The molecule has 0 fully saturated rings. The second-order valence-electron chi connectivity index (χ2n) is 31.2. The second-order valence-corrected chi connectivity index (χ2v) is 34.1. The van der Waals surface area contributed by atoms with E-state index in [-0.39, 0.29) is 25.7 Å². The highest BCUT2D eigenvalue weighted by Crippen LogP contribution is 2.45. The summed E-state index contributed by atoms with van der Waals surface area (Å²) in [7, 11) is -9.92. The van der Waals surface area contributed by atoms with E-state index < -0.39 is 97.5 Å². The predicted molar refractivity (Wildman–Crippen MR) is 432 cm³/mol. The summed E-state index contributed by atoms with van der Waals surface area (Å²) in [6.07, 6.45) is 72.8. The Bertz CT molecular complexity index is 2000. The van der Waals surface area contributed by atoms with Gasteiger partial charge in [0, 0.05) is 25.7 Å². The molecule has 0 rings (SSSR count). The highest BCUT2D eigenvalue weighted by molar-refractivity contribution is 7.47. The second kappa shape index (κ2) is 78.7. The molecule has 624 valence electrons. The Hall–Kier alpha value is -1.94. The van der Waals surface area contributed by atoms with Crippen LogP contribution in [0.4, 0.5) is 0 Å². The quantitative estimate of drug-likeness (QED) is 0.0222. The monoisotopic (exact) mass is 1540 g/mol. The Morgan fingerprint density at radius 2 is 0.457 bits per heavy atom. The number of hydrogen-bond donors (Lipinski definition) is 3. The maximum absolute atomic E-state index is 13.1. The van der Waals surface area contributed by atoms with Gasteiger partial charge in [0.25, 0.3) is 0 Å². The van der Waals surface area contributed by atoms with Gasteiger partial charge in [-0.15, -0.1) is 0 Å². The van der Waals surface area contributed by atoms with Crippen molar-refractivity contribution in [3.63, 3.8) is 0 Å². The molecule has 0 bridgehead atoms. The van der Waals surface area contributed by atoms with E-state index in [1.54, 1.807) is 0 Å². The van der Waals surface area contributed by atoms with Crippen molar-refractivity contribution >= 4 is 39.5 Å². The molecule has 0 saturated heterocycles. The Kier molecular flexibility index (Phi) is 77.3. The zero-order chi connectivity index (χ0) is 76.9. The summed E-state index contributed by atoms with van der Waals surface area (Å²) in [4.78, 5) is 72.9. The molecule has 0 aromatic rings. The number of hydrogen-bond acceptors (Lipinski definition) is 15. The largest absolute Gasteiger partial charge is 0.472 e. The molecule has 0 aliphatic heterocycles. The lowest BCUT2D eigenvalue weighted by atomic mass is 9.99. The molecule has 0 radical (unpaired) electrons. The number of phosphoric acid groups is 2. The first-order valence-electron chi connectivity index (χ1n) is 44.7. The first kappa shape index (κ1) is 103. The van der Waals surface area contributed by atoms with E-state index in [9.17, 15) is 43.2 Å². The molecule has 0 aromatic carbocycles. The van der Waals surface area contributed by atoms with Crippen LogP contribution in [0.15, 0.2) is 0 Å². The van der Waals surface area contributed by atoms with Crippen molar-refractivity contribution in [3.05, 3.63) is 0 Å². The third-order valence-corrected chi connectivity index (χ3v) is 22.5. The average Bonchev–Trinajstić information content (AvgIpc) is 1.03. The summed E-state index contributed by atoms with van der Waals surface area (Å²) in [5.41, 5.74) is 0. The molecule has 6 atom stereocenters. The molecular weight excluding hydrogens is 1370 g/mol. The number of aliphatic hydroxyl groups excluding tert-OH is 1. The lowest BCUT2D eigenvalue weighted by molar-refractivity contribution is -0.161. The maximum Gasteiger partial charge on any atom is 0.472 e. The minimum Gasteiger partial charge on any atom is -0.462 e. The van der Waals surface area contributed by atoms with E-state index in [2.05, 4.69) is 34.6 Å². The Morgan fingerprint density at radius 3 is 0.676 bits per heavy atom. The summed E-state index contributed by atoms with van der Waals surface area (Å²) >= 11 is 0. The molecule has 0 amide bonds. The van der Waals surface area contributed by atoms with Crippen LogP contribution in [0, 0.1) is 5.92 Å². The normalized spacial score (nSPS) is 14.0. The van der Waals surface area contributed by atoms with E-state index in [1.807, 2.05) is 0 Å². The van der Waals surface area contributed by atoms with Crippen molar-refractivity contribution in [1.82, 2.24) is 0 Å². The van der Waals surface area contributed by atoms with Crippen molar-refractivity contribution in [3.8, 4) is 0 Å². The van der Waals surface area contributed by atoms with Gasteiger partial charge in [-0.3, -0.25) is 37.3 Å². The number of aliphatic hydroxyl groups is 1. The van der Waals surface area contributed by atoms with Gasteiger partial charge in [0.15, 0.2) is 12.2 Å². The average molecular weight is 1540 g/mol. The van der Waals surface area contributed by atoms with E-state index in [4.69, 9.17) is 37.0 Å². The van der Waals surface area contributed by atoms with Crippen molar-refractivity contribution in [1.29, 1.82) is 0 Å². The van der Waals surface area contributed by atoms with Crippen LogP contribution in [0.2, 0.25) is 0 Å². The number of carbonyl (C=O) groups excluding carboxylic acids is 4. The summed E-state index contributed by atoms with van der Waals surface area (Å²) in [5, 5.41) is 10.6. The van der Waals surface area contributed by atoms with Crippen molar-refractivity contribution in [2.24, 2.45) is 5.92 Å². The topological polar surface area (TPSA) is 237 Å². The Morgan fingerprint density at radius 1 is 0.267 bits per heavy atom. The summed E-state index contributed by atoms with van der Waals surface area (Å²) < 4.78 is 68.6. The number of unbranched alkanes of at least 4 members (excludes halogenated alkanes) is 57. The first-order valence-corrected chi connectivity index (χ1v) is 47.7. The van der Waals surface area contributed by atoms with E-state index in [0.717, 1.165) is 102 Å². The zero-order valence-electron chi connectivity index (χ0n) is 68.9. The highest BCUT2D eigenvalue weighted by Gasteiger charge is 2.30. The van der Waals surface area contributed by atoms with Crippen LogP contribution < -0.4 is 0 Å². The molecule has 0 aromatic heterocycles. The van der Waals surface area contributed by atoms with Gasteiger partial charge in [0.1, 0.15) is 19.3 Å². The van der Waals surface area contributed by atoms with Crippen molar-refractivity contribution in [2.45, 2.75) is 483 Å². The fraction of sp³-hybridized carbons (Fsp3) is 0.953. The van der Waals surface area contributed by atoms with Gasteiger partial charge in [-0.05, 0) is 31.6 Å². The van der Waals surface area contributed by atoms with Gasteiger partial charge in [-0.1, -0.05) is 413 Å². The minimum atomic E-state index is -4.96. The summed E-state index contributed by atoms with van der Waals surface area (Å²) in [6.45, 7) is 7.34. The van der Waals surface area contributed by atoms with Crippen LogP contribution in [0.5, 0.6) is 0 Å². The number of esters is 4. The molecule has 3 N–H and O–H groups in total. The van der Waals surface area contributed by atoms with Gasteiger partial charge >= 0.3 is 39.5 Å². The molecule has 0 saturated carbocycles. The Labute approximate surface area is 645 Å². The Balaban J connectivity index is 5.09. The van der Waals surface area contributed by atoms with Gasteiger partial charge in [0.05, 0.1) is 26.4 Å². The maximum atomic E-state index is 13.1. The van der Waals surface area contributed by atoms with Crippen LogP contribution in [0.1, 0.15) is 465 Å². The predicted octanol–water partition coefficient (Wildman–Crippen LogP) is 26.4. The highest BCUT2D eigenvalue weighted by atomic mass is 31.2. The van der Waals surface area contributed by atoms with Crippen LogP contribution in [-0.4, -0.2) is 96.7 Å². The molecule has 0 aliphatic rings. The number of ether oxygens (including phenoxy) is 4. The van der Waals surface area contributed by atoms with Crippen LogP contribution in [0.25, 0.3) is 0 Å². The number of phosphoric ester groups is 2. The number of carbonyl (C=O) groups is 4. The molecule has 105 heavy (non-hydrogen) atoms. The van der Waals surface area contributed by atoms with Crippen LogP contribution >= 0.6 is 15.6 Å². The lowest BCUT2D eigenvalue weighted by Gasteiger charge is -2.21. The van der Waals surface area contributed by atoms with Gasteiger partial charge in [-0.2, -0.15) is 0 Å². The molecule has 19 heteroatoms. The van der Waals surface area contributed by atoms with E-state index >= 15 is 0 Å². The van der Waals surface area contributed by atoms with Crippen LogP contribution in [0.3, 0.4) is 0 Å². The van der Waals surface area contributed by atoms with E-state index in [1.165, 1.54) is 283 Å². The minimum absolute atomic E-state index is 0.108. The summed E-state index contributed by atoms with van der Waals surface area (Å²) in [5.74, 6) is -1.24. The zero-order valence-corrected chi connectivity index (χ0v) is 70.7. The third kappa shape index (κ3) is 78.5. The molecule has 0 aliphatic carbocycles. The first-order chi connectivity index (χ1) is 51.1. The number of rotatable bonds is 86. The fourth-order valence-corrected chi connectivity index (χ4v) is 15.0. The molecule has 3 unspecified atom stereocenters.